The highest BCUT2D eigenvalue weighted by Gasteiger charge is 2.49. The Bertz CT molecular complexity index is 1200. The summed E-state index contributed by atoms with van der Waals surface area (Å²) in [4.78, 5) is 12.5. The number of rotatable bonds is 7. The van der Waals surface area contributed by atoms with Crippen molar-refractivity contribution in [3.05, 3.63) is 63.9 Å². The first-order chi connectivity index (χ1) is 15.9. The number of benzene rings is 2. The molecule has 0 radical (unpaired) electrons. The van der Waals surface area contributed by atoms with Gasteiger partial charge in [0.1, 0.15) is 0 Å². The van der Waals surface area contributed by atoms with E-state index in [0.717, 1.165) is 31.0 Å². The van der Waals surface area contributed by atoms with Crippen LogP contribution in [-0.4, -0.2) is 42.4 Å². The first-order valence-electron chi connectivity index (χ1n) is 10.9. The van der Waals surface area contributed by atoms with Gasteiger partial charge in [0.2, 0.25) is 0 Å². The third kappa shape index (κ3) is 4.89. The van der Waals surface area contributed by atoms with Crippen molar-refractivity contribution in [2.45, 2.75) is 42.6 Å². The molecule has 0 aliphatic heterocycles. The van der Waals surface area contributed by atoms with Gasteiger partial charge in [0, 0.05) is 12.0 Å². The molecule has 0 amide bonds. The summed E-state index contributed by atoms with van der Waals surface area (Å²) in [7, 11) is -3.91. The maximum atomic E-state index is 13.5. The van der Waals surface area contributed by atoms with E-state index in [1.165, 1.54) is 12.1 Å². The van der Waals surface area contributed by atoms with Gasteiger partial charge in [0.15, 0.2) is 33.1 Å². The fourth-order valence-corrected chi connectivity index (χ4v) is 7.84. The zero-order valence-electron chi connectivity index (χ0n) is 18.1. The van der Waals surface area contributed by atoms with Gasteiger partial charge in [0.25, 0.3) is 0 Å². The fraction of sp³-hybridized carbons (Fsp3) is 0.458. The van der Waals surface area contributed by atoms with Crippen molar-refractivity contribution < 1.29 is 36.6 Å². The smallest absolute Gasteiger partial charge is 0.194 e. The number of Topliss-reactive ketones (excluding diaryl/α,β-unsaturated/α-hetero) is 1. The minimum absolute atomic E-state index is 0.00520. The van der Waals surface area contributed by atoms with Crippen LogP contribution in [-0.2, 0) is 16.3 Å². The summed E-state index contributed by atoms with van der Waals surface area (Å²) < 4.78 is 66.7. The van der Waals surface area contributed by atoms with Crippen molar-refractivity contribution >= 4 is 27.2 Å². The van der Waals surface area contributed by atoms with Crippen LogP contribution in [0, 0.1) is 35.2 Å². The second-order valence-electron chi connectivity index (χ2n) is 9.45. The first kappa shape index (κ1) is 25.2. The van der Waals surface area contributed by atoms with Gasteiger partial charge in [-0.1, -0.05) is 11.6 Å². The number of fused-ring (bicyclic) bond motifs is 2. The lowest BCUT2D eigenvalue weighted by molar-refractivity contribution is -0.0736. The average molecular weight is 517 g/mol. The van der Waals surface area contributed by atoms with E-state index in [2.05, 4.69) is 0 Å². The minimum atomic E-state index is -3.91. The number of carbonyl (C=O) groups is 1. The van der Waals surface area contributed by atoms with E-state index in [-0.39, 0.29) is 51.2 Å². The summed E-state index contributed by atoms with van der Waals surface area (Å²) in [5.41, 5.74) is -1.28. The van der Waals surface area contributed by atoms with Crippen LogP contribution in [0.2, 0.25) is 5.02 Å². The van der Waals surface area contributed by atoms with Crippen LogP contribution in [0.5, 0.6) is 0 Å². The normalized spacial score (nSPS) is 26.6. The molecule has 2 bridgehead atoms. The molecule has 2 aliphatic rings. The van der Waals surface area contributed by atoms with E-state index in [0.29, 0.717) is 12.8 Å². The van der Waals surface area contributed by atoms with E-state index >= 15 is 0 Å². The lowest BCUT2D eigenvalue weighted by Crippen LogP contribution is -2.44. The second kappa shape index (κ2) is 9.26. The average Bonchev–Trinajstić information content (AvgIpc) is 3.00. The van der Waals surface area contributed by atoms with E-state index in [1.807, 2.05) is 0 Å². The lowest BCUT2D eigenvalue weighted by atomic mass is 9.72. The minimum Gasteiger partial charge on any atom is -0.393 e. The van der Waals surface area contributed by atoms with Gasteiger partial charge in [-0.25, -0.2) is 21.6 Å². The number of sulfone groups is 1. The summed E-state index contributed by atoms with van der Waals surface area (Å²) in [5, 5.41) is 19.9. The number of hydrogen-bond donors (Lipinski definition) is 2. The van der Waals surface area contributed by atoms with E-state index in [1.54, 1.807) is 0 Å². The summed E-state index contributed by atoms with van der Waals surface area (Å²) in [6.45, 7) is -0.364. The molecule has 2 aliphatic carbocycles. The largest absolute Gasteiger partial charge is 0.393 e. The molecule has 0 saturated heterocycles. The monoisotopic (exact) mass is 516 g/mol. The molecule has 4 atom stereocenters. The molecule has 0 spiro atoms. The zero-order chi connectivity index (χ0) is 24.8. The van der Waals surface area contributed by atoms with Gasteiger partial charge in [-0.3, -0.25) is 4.79 Å². The summed E-state index contributed by atoms with van der Waals surface area (Å²) in [5.74, 6) is -5.56. The molecule has 2 aromatic carbocycles. The van der Waals surface area contributed by atoms with Gasteiger partial charge in [-0.15, -0.1) is 0 Å². The first-order valence-corrected chi connectivity index (χ1v) is 13.0. The highest BCUT2D eigenvalue weighted by atomic mass is 35.5. The highest BCUT2D eigenvalue weighted by Crippen LogP contribution is 2.51. The van der Waals surface area contributed by atoms with Crippen molar-refractivity contribution in [2.24, 2.45) is 17.8 Å². The number of aliphatic hydroxyl groups excluding tert-OH is 1. The van der Waals surface area contributed by atoms with Crippen LogP contribution in [0.1, 0.15) is 41.6 Å². The van der Waals surface area contributed by atoms with Gasteiger partial charge in [-0.05, 0) is 79.3 Å². The van der Waals surface area contributed by atoms with E-state index in [4.69, 9.17) is 11.6 Å². The van der Waals surface area contributed by atoms with Crippen LogP contribution in [0.3, 0.4) is 0 Å². The van der Waals surface area contributed by atoms with Crippen molar-refractivity contribution in [3.8, 4) is 0 Å². The molecule has 3 unspecified atom stereocenters. The number of ketones is 1. The predicted octanol–water partition coefficient (Wildman–Crippen LogP) is 4.12. The van der Waals surface area contributed by atoms with Gasteiger partial charge in [-0.2, -0.15) is 0 Å². The van der Waals surface area contributed by atoms with Crippen molar-refractivity contribution in [1.29, 1.82) is 0 Å². The topological polar surface area (TPSA) is 91.7 Å². The van der Waals surface area contributed by atoms with Crippen molar-refractivity contribution in [2.75, 3.05) is 12.4 Å². The Kier molecular flexibility index (Phi) is 6.85. The van der Waals surface area contributed by atoms with Gasteiger partial charge in [0.05, 0.1) is 27.9 Å². The summed E-state index contributed by atoms with van der Waals surface area (Å²) >= 11 is 6.17. The van der Waals surface area contributed by atoms with Crippen LogP contribution in [0.4, 0.5) is 13.2 Å². The number of halogens is 4. The van der Waals surface area contributed by atoms with Crippen molar-refractivity contribution in [1.82, 2.24) is 0 Å². The number of carbonyl (C=O) groups excluding carboxylic acids is 1. The van der Waals surface area contributed by atoms with Gasteiger partial charge >= 0.3 is 0 Å². The summed E-state index contributed by atoms with van der Waals surface area (Å²) in [6, 6.07) is 5.21. The molecule has 4 rings (SSSR count). The third-order valence-electron chi connectivity index (χ3n) is 7.11. The molecule has 2 aromatic rings. The quantitative estimate of drug-likeness (QED) is 0.427. The Morgan fingerprint density at radius 3 is 2.21 bits per heavy atom. The Hall–Kier alpha value is -1.94. The van der Waals surface area contributed by atoms with E-state index < -0.39 is 45.1 Å². The highest BCUT2D eigenvalue weighted by molar-refractivity contribution is 7.91. The molecular weight excluding hydrogens is 493 g/mol. The Morgan fingerprint density at radius 2 is 1.65 bits per heavy atom. The fourth-order valence-electron chi connectivity index (χ4n) is 5.46. The molecule has 10 heteroatoms. The molecule has 0 aromatic heterocycles. The SMILES string of the molecule is O=C(Cc1cc(F)c(F)c(F)c1)c1ccc(Cl)c(S(=O)(=O)CC2C3CC[C@H]2CC(O)(CO)C3)c1. The van der Waals surface area contributed by atoms with Crippen LogP contribution in [0.25, 0.3) is 0 Å². The molecule has 34 heavy (non-hydrogen) atoms. The Balaban J connectivity index is 1.55. The molecule has 2 fully saturated rings. The van der Waals surface area contributed by atoms with E-state index in [9.17, 15) is 36.6 Å². The number of hydrogen-bond acceptors (Lipinski definition) is 5. The molecule has 5 nitrogen and oxygen atoms in total. The Labute approximate surface area is 200 Å². The van der Waals surface area contributed by atoms with Crippen LogP contribution >= 0.6 is 11.6 Å². The predicted molar refractivity (Wildman–Crippen MR) is 119 cm³/mol. The lowest BCUT2D eigenvalue weighted by Gasteiger charge is -2.40. The van der Waals surface area contributed by atoms with Gasteiger partial charge < -0.3 is 10.2 Å². The molecule has 2 N–H and O–H groups in total. The third-order valence-corrected chi connectivity index (χ3v) is 9.38. The van der Waals surface area contributed by atoms with Crippen LogP contribution in [0.15, 0.2) is 35.2 Å². The molecule has 0 heterocycles. The Morgan fingerprint density at radius 1 is 1.06 bits per heavy atom. The van der Waals surface area contributed by atoms with Crippen LogP contribution < -0.4 is 0 Å². The molecule has 184 valence electrons. The maximum absolute atomic E-state index is 13.5. The number of aliphatic hydroxyl groups is 2. The summed E-state index contributed by atoms with van der Waals surface area (Å²) in [6.07, 6.45) is 1.74. The maximum Gasteiger partial charge on any atom is 0.194 e. The second-order valence-corrected chi connectivity index (χ2v) is 11.9. The molecule has 2 saturated carbocycles. The zero-order valence-corrected chi connectivity index (χ0v) is 19.7. The standard InChI is InChI=1S/C24H24ClF3O5S/c25-18-4-3-14(21(30)7-13-5-19(26)23(28)20(27)6-13)8-22(18)34(32,33)11-17-15-1-2-16(17)10-24(31,9-15)12-29/h3-6,8,15-17,29,31H,1-2,7,9-12H2/t15-,16?,17?,24?/m0/s1. The molecular formula is C24H24ClF3O5S. The van der Waals surface area contributed by atoms with Crippen molar-refractivity contribution in [3.63, 3.8) is 0 Å².